The highest BCUT2D eigenvalue weighted by Gasteiger charge is 2.40. The summed E-state index contributed by atoms with van der Waals surface area (Å²) in [6.45, 7) is 1.02. The number of urea groups is 1. The van der Waals surface area contributed by atoms with E-state index in [4.69, 9.17) is 16.3 Å². The third-order valence-electron chi connectivity index (χ3n) is 4.83. The summed E-state index contributed by atoms with van der Waals surface area (Å²) in [5, 5.41) is 2.99. The molecule has 27 heavy (non-hydrogen) atoms. The highest BCUT2D eigenvalue weighted by atomic mass is 35.5. The van der Waals surface area contributed by atoms with Crippen LogP contribution in [0.3, 0.4) is 0 Å². The molecule has 2 aromatic carbocycles. The Hall–Kier alpha value is -2.80. The van der Waals surface area contributed by atoms with Crippen molar-refractivity contribution in [3.63, 3.8) is 0 Å². The third-order valence-corrected chi connectivity index (χ3v) is 5.14. The fraction of sp³-hybridized carbons (Fsp3) is 0.263. The van der Waals surface area contributed by atoms with Gasteiger partial charge in [-0.05, 0) is 23.8 Å². The number of nitrogens with zero attached hydrogens (tertiary/aromatic N) is 2. The van der Waals surface area contributed by atoms with Crippen LogP contribution < -0.4 is 15.0 Å². The van der Waals surface area contributed by atoms with Crippen molar-refractivity contribution in [3.8, 4) is 11.5 Å². The standard InChI is InChI=1S/C19H17ClFN3O3/c1-23-17-11(9-14(18(23)25)24-8-7-22-19(24)26)3-2-4-15(17)27-16-10-12(21)5-6-13(16)20/h2-6,10,14H,7-9H2,1H3,(H,22,26)/t14-/m1/s1. The van der Waals surface area contributed by atoms with Crippen LogP contribution in [0, 0.1) is 5.82 Å². The zero-order chi connectivity index (χ0) is 19.1. The molecule has 1 atom stereocenters. The van der Waals surface area contributed by atoms with E-state index in [0.717, 1.165) is 5.56 Å². The number of likely N-dealkylation sites (N-methyl/N-ethyl adjacent to an activating group) is 1. The largest absolute Gasteiger partial charge is 0.453 e. The first-order valence-corrected chi connectivity index (χ1v) is 8.90. The summed E-state index contributed by atoms with van der Waals surface area (Å²) in [5.41, 5.74) is 1.46. The van der Waals surface area contributed by atoms with Crippen molar-refractivity contribution in [2.24, 2.45) is 0 Å². The Morgan fingerprint density at radius 3 is 2.78 bits per heavy atom. The molecule has 4 rings (SSSR count). The lowest BCUT2D eigenvalue weighted by molar-refractivity contribution is -0.122. The summed E-state index contributed by atoms with van der Waals surface area (Å²) in [7, 11) is 1.64. The van der Waals surface area contributed by atoms with Crippen molar-refractivity contribution in [1.82, 2.24) is 10.2 Å². The highest BCUT2D eigenvalue weighted by molar-refractivity contribution is 6.32. The first-order chi connectivity index (χ1) is 13.0. The van der Waals surface area contributed by atoms with E-state index in [9.17, 15) is 14.0 Å². The number of ether oxygens (including phenoxy) is 1. The number of carbonyl (C=O) groups is 2. The van der Waals surface area contributed by atoms with E-state index in [0.29, 0.717) is 30.9 Å². The zero-order valence-corrected chi connectivity index (χ0v) is 15.3. The molecule has 0 spiro atoms. The van der Waals surface area contributed by atoms with Crippen LogP contribution in [0.1, 0.15) is 5.56 Å². The predicted molar refractivity (Wildman–Crippen MR) is 98.9 cm³/mol. The summed E-state index contributed by atoms with van der Waals surface area (Å²) in [4.78, 5) is 27.9. The molecule has 0 unspecified atom stereocenters. The molecular formula is C19H17ClFN3O3. The number of anilines is 1. The zero-order valence-electron chi connectivity index (χ0n) is 14.5. The fourth-order valence-corrected chi connectivity index (χ4v) is 3.68. The lowest BCUT2D eigenvalue weighted by atomic mass is 9.96. The van der Waals surface area contributed by atoms with Gasteiger partial charge in [0.1, 0.15) is 17.6 Å². The number of carbonyl (C=O) groups excluding carboxylic acids is 2. The summed E-state index contributed by atoms with van der Waals surface area (Å²) < 4.78 is 19.4. The van der Waals surface area contributed by atoms with E-state index >= 15 is 0 Å². The van der Waals surface area contributed by atoms with Crippen LogP contribution in [0.4, 0.5) is 14.9 Å². The van der Waals surface area contributed by atoms with Crippen molar-refractivity contribution in [2.45, 2.75) is 12.5 Å². The van der Waals surface area contributed by atoms with Crippen LogP contribution in [-0.4, -0.2) is 43.0 Å². The van der Waals surface area contributed by atoms with Crippen molar-refractivity contribution in [3.05, 3.63) is 52.8 Å². The summed E-state index contributed by atoms with van der Waals surface area (Å²) in [5.74, 6) is -0.0863. The molecule has 8 heteroatoms. The molecule has 0 aliphatic carbocycles. The number of nitrogens with one attached hydrogen (secondary N) is 1. The average Bonchev–Trinajstić information content (AvgIpc) is 3.07. The topological polar surface area (TPSA) is 61.9 Å². The van der Waals surface area contributed by atoms with E-state index in [-0.39, 0.29) is 22.7 Å². The van der Waals surface area contributed by atoms with Gasteiger partial charge in [0, 0.05) is 32.6 Å². The van der Waals surface area contributed by atoms with Crippen molar-refractivity contribution < 1.29 is 18.7 Å². The van der Waals surface area contributed by atoms with Gasteiger partial charge >= 0.3 is 6.03 Å². The highest BCUT2D eigenvalue weighted by Crippen LogP contribution is 2.41. The van der Waals surface area contributed by atoms with Gasteiger partial charge in [0.2, 0.25) is 5.91 Å². The Kier molecular flexibility index (Phi) is 4.39. The number of benzene rings is 2. The molecule has 2 heterocycles. The maximum absolute atomic E-state index is 13.5. The monoisotopic (exact) mass is 389 g/mol. The molecule has 0 aromatic heterocycles. The van der Waals surface area contributed by atoms with Crippen LogP contribution in [0.2, 0.25) is 5.02 Å². The number of hydrogen-bond donors (Lipinski definition) is 1. The Balaban J connectivity index is 1.70. The van der Waals surface area contributed by atoms with E-state index in [1.54, 1.807) is 24.1 Å². The van der Waals surface area contributed by atoms with Gasteiger partial charge in [-0.15, -0.1) is 0 Å². The molecule has 3 amide bonds. The Morgan fingerprint density at radius 1 is 1.22 bits per heavy atom. The van der Waals surface area contributed by atoms with Gasteiger partial charge in [-0.2, -0.15) is 0 Å². The second kappa shape index (κ2) is 6.74. The fourth-order valence-electron chi connectivity index (χ4n) is 3.53. The lowest BCUT2D eigenvalue weighted by Crippen LogP contribution is -2.52. The lowest BCUT2D eigenvalue weighted by Gasteiger charge is -2.36. The molecule has 140 valence electrons. The number of rotatable bonds is 3. The summed E-state index contributed by atoms with van der Waals surface area (Å²) >= 11 is 6.10. The summed E-state index contributed by atoms with van der Waals surface area (Å²) in [6, 6.07) is 8.46. The predicted octanol–water partition coefficient (Wildman–Crippen LogP) is 3.18. The molecule has 1 fully saturated rings. The number of halogens is 2. The smallest absolute Gasteiger partial charge is 0.318 e. The van der Waals surface area contributed by atoms with Crippen molar-refractivity contribution >= 4 is 29.2 Å². The van der Waals surface area contributed by atoms with E-state index in [1.165, 1.54) is 23.1 Å². The SMILES string of the molecule is CN1C(=O)[C@H](N2CCNC2=O)Cc2cccc(Oc3cc(F)ccc3Cl)c21. The maximum atomic E-state index is 13.5. The molecule has 1 saturated heterocycles. The molecule has 0 radical (unpaired) electrons. The second-order valence-electron chi connectivity index (χ2n) is 6.48. The molecule has 2 aliphatic rings. The second-order valence-corrected chi connectivity index (χ2v) is 6.89. The van der Waals surface area contributed by atoms with Gasteiger partial charge in [-0.25, -0.2) is 9.18 Å². The summed E-state index contributed by atoms with van der Waals surface area (Å²) in [6.07, 6.45) is 0.389. The molecule has 2 aromatic rings. The van der Waals surface area contributed by atoms with Gasteiger partial charge in [-0.1, -0.05) is 23.7 Å². The van der Waals surface area contributed by atoms with Crippen LogP contribution in [0.25, 0.3) is 0 Å². The first kappa shape index (κ1) is 17.6. The Bertz CT molecular complexity index is 936. The van der Waals surface area contributed by atoms with E-state index < -0.39 is 11.9 Å². The minimum Gasteiger partial charge on any atom is -0.453 e. The normalized spacial score (nSPS) is 19.1. The number of fused-ring (bicyclic) bond motifs is 1. The van der Waals surface area contributed by atoms with Crippen molar-refractivity contribution in [2.75, 3.05) is 25.0 Å². The van der Waals surface area contributed by atoms with Gasteiger partial charge < -0.3 is 19.9 Å². The molecule has 0 bridgehead atoms. The number of amides is 3. The van der Waals surface area contributed by atoms with E-state index in [2.05, 4.69) is 5.32 Å². The van der Waals surface area contributed by atoms with Gasteiger partial charge in [0.25, 0.3) is 0 Å². The first-order valence-electron chi connectivity index (χ1n) is 8.52. The molecule has 1 N–H and O–H groups in total. The minimum atomic E-state index is -0.557. The molecule has 0 saturated carbocycles. The molecule has 2 aliphatic heterocycles. The third kappa shape index (κ3) is 3.08. The van der Waals surface area contributed by atoms with E-state index in [1.807, 2.05) is 6.07 Å². The number of para-hydroxylation sites is 1. The van der Waals surface area contributed by atoms with Gasteiger partial charge in [-0.3, -0.25) is 4.79 Å². The van der Waals surface area contributed by atoms with Crippen LogP contribution in [-0.2, 0) is 11.2 Å². The Labute approximate surface area is 160 Å². The average molecular weight is 390 g/mol. The molecule has 6 nitrogen and oxygen atoms in total. The van der Waals surface area contributed by atoms with Crippen LogP contribution in [0.5, 0.6) is 11.5 Å². The maximum Gasteiger partial charge on any atom is 0.318 e. The number of hydrogen-bond acceptors (Lipinski definition) is 3. The quantitative estimate of drug-likeness (QED) is 0.877. The van der Waals surface area contributed by atoms with Crippen LogP contribution >= 0.6 is 11.6 Å². The van der Waals surface area contributed by atoms with Crippen molar-refractivity contribution in [1.29, 1.82) is 0 Å². The minimum absolute atomic E-state index is 0.173. The van der Waals surface area contributed by atoms with Crippen LogP contribution in [0.15, 0.2) is 36.4 Å². The van der Waals surface area contributed by atoms with Gasteiger partial charge in [0.15, 0.2) is 5.75 Å². The van der Waals surface area contributed by atoms with Gasteiger partial charge in [0.05, 0.1) is 10.7 Å². The Morgan fingerprint density at radius 2 is 2.04 bits per heavy atom. The molecular weight excluding hydrogens is 373 g/mol.